The van der Waals surface area contributed by atoms with E-state index in [4.69, 9.17) is 9.15 Å². The lowest BCUT2D eigenvalue weighted by Crippen LogP contribution is -2.48. The first-order valence-electron chi connectivity index (χ1n) is 8.47. The van der Waals surface area contributed by atoms with Crippen LogP contribution in [0.2, 0.25) is 0 Å². The number of benzene rings is 1. The standard InChI is InChI=1S/C19H23NO6/c1-4-5-6-14(19(23)24)20-16(21)9-12-10-17(22)26-18-11(2)15(25-3)8-7-13(12)18/h7-8,10,14H,4-6,9H2,1-3H3,(H,20,21)(H,23,24)/p-1/t14-/m0/s1. The fraction of sp³-hybridized carbons (Fsp3) is 0.421. The van der Waals surface area contributed by atoms with Gasteiger partial charge in [0.05, 0.1) is 25.5 Å². The van der Waals surface area contributed by atoms with Gasteiger partial charge in [0, 0.05) is 17.0 Å². The molecule has 0 saturated heterocycles. The molecule has 0 bridgehead atoms. The van der Waals surface area contributed by atoms with Crippen LogP contribution in [-0.4, -0.2) is 25.0 Å². The van der Waals surface area contributed by atoms with Crippen LogP contribution in [0.5, 0.6) is 5.75 Å². The van der Waals surface area contributed by atoms with Crippen molar-refractivity contribution >= 4 is 22.8 Å². The molecule has 7 nitrogen and oxygen atoms in total. The van der Waals surface area contributed by atoms with Crippen molar-refractivity contribution in [2.75, 3.05) is 7.11 Å². The second-order valence-electron chi connectivity index (χ2n) is 6.12. The quantitative estimate of drug-likeness (QED) is 0.706. The zero-order chi connectivity index (χ0) is 19.3. The van der Waals surface area contributed by atoms with Crippen molar-refractivity contribution < 1.29 is 23.8 Å². The highest BCUT2D eigenvalue weighted by Crippen LogP contribution is 2.28. The number of fused-ring (bicyclic) bond motifs is 1. The molecule has 0 fully saturated rings. The highest BCUT2D eigenvalue weighted by atomic mass is 16.5. The van der Waals surface area contributed by atoms with Crippen molar-refractivity contribution in [3.63, 3.8) is 0 Å². The normalized spacial score (nSPS) is 12.0. The number of carboxylic acids is 1. The number of carboxylic acid groups (broad SMARTS) is 1. The fourth-order valence-corrected chi connectivity index (χ4v) is 2.85. The van der Waals surface area contributed by atoms with Crippen LogP contribution in [0, 0.1) is 6.92 Å². The summed E-state index contributed by atoms with van der Waals surface area (Å²) in [6.45, 7) is 3.69. The summed E-state index contributed by atoms with van der Waals surface area (Å²) in [5.74, 6) is -1.24. The molecule has 1 atom stereocenters. The molecule has 0 saturated carbocycles. The van der Waals surface area contributed by atoms with Crippen molar-refractivity contribution in [2.45, 2.75) is 45.6 Å². The van der Waals surface area contributed by atoms with Gasteiger partial charge >= 0.3 is 5.63 Å². The number of hydrogen-bond acceptors (Lipinski definition) is 6. The van der Waals surface area contributed by atoms with Crippen LogP contribution in [0.1, 0.15) is 37.3 Å². The third-order valence-electron chi connectivity index (χ3n) is 4.23. The molecular weight excluding hydrogens is 338 g/mol. The second kappa shape index (κ2) is 8.51. The monoisotopic (exact) mass is 360 g/mol. The Morgan fingerprint density at radius 3 is 2.69 bits per heavy atom. The molecule has 1 heterocycles. The minimum absolute atomic E-state index is 0.135. The highest BCUT2D eigenvalue weighted by Gasteiger charge is 2.17. The molecule has 1 amide bonds. The molecule has 0 aliphatic carbocycles. The Balaban J connectivity index is 2.30. The smallest absolute Gasteiger partial charge is 0.336 e. The topological polar surface area (TPSA) is 109 Å². The zero-order valence-electron chi connectivity index (χ0n) is 15.1. The first-order valence-corrected chi connectivity index (χ1v) is 8.47. The van der Waals surface area contributed by atoms with Gasteiger partial charge in [0.15, 0.2) is 0 Å². The van der Waals surface area contributed by atoms with E-state index >= 15 is 0 Å². The molecule has 0 unspecified atom stereocenters. The van der Waals surface area contributed by atoms with Gasteiger partial charge in [-0.15, -0.1) is 0 Å². The average molecular weight is 360 g/mol. The number of carbonyl (C=O) groups is 2. The predicted octanol–water partition coefficient (Wildman–Crippen LogP) is 1.08. The lowest BCUT2D eigenvalue weighted by molar-refractivity contribution is -0.308. The highest BCUT2D eigenvalue weighted by molar-refractivity contribution is 5.90. The summed E-state index contributed by atoms with van der Waals surface area (Å²) in [4.78, 5) is 35.3. The van der Waals surface area contributed by atoms with Crippen LogP contribution in [0.3, 0.4) is 0 Å². The van der Waals surface area contributed by atoms with Crippen molar-refractivity contribution in [1.29, 1.82) is 0 Å². The molecule has 26 heavy (non-hydrogen) atoms. The third kappa shape index (κ3) is 4.41. The molecule has 140 valence electrons. The van der Waals surface area contributed by atoms with Gasteiger partial charge in [0.1, 0.15) is 11.3 Å². The summed E-state index contributed by atoms with van der Waals surface area (Å²) in [5.41, 5.74) is 0.883. The van der Waals surface area contributed by atoms with E-state index in [1.165, 1.54) is 13.2 Å². The number of ether oxygens (including phenoxy) is 1. The molecule has 2 rings (SSSR count). The number of rotatable bonds is 8. The maximum atomic E-state index is 12.3. The van der Waals surface area contributed by atoms with E-state index in [2.05, 4.69) is 5.32 Å². The van der Waals surface area contributed by atoms with Crippen LogP contribution < -0.4 is 20.8 Å². The number of hydrogen-bond donors (Lipinski definition) is 1. The van der Waals surface area contributed by atoms with Crippen LogP contribution in [0.15, 0.2) is 27.4 Å². The van der Waals surface area contributed by atoms with Gasteiger partial charge < -0.3 is 24.4 Å². The minimum Gasteiger partial charge on any atom is -0.548 e. The largest absolute Gasteiger partial charge is 0.548 e. The van der Waals surface area contributed by atoms with Gasteiger partial charge in [0.25, 0.3) is 0 Å². The van der Waals surface area contributed by atoms with E-state index in [0.717, 1.165) is 6.42 Å². The van der Waals surface area contributed by atoms with Gasteiger partial charge in [-0.2, -0.15) is 0 Å². The summed E-state index contributed by atoms with van der Waals surface area (Å²) in [6.07, 6.45) is 1.64. The maximum absolute atomic E-state index is 12.3. The lowest BCUT2D eigenvalue weighted by Gasteiger charge is -2.19. The van der Waals surface area contributed by atoms with Crippen LogP contribution in [0.4, 0.5) is 0 Å². The van der Waals surface area contributed by atoms with E-state index in [0.29, 0.717) is 40.7 Å². The summed E-state index contributed by atoms with van der Waals surface area (Å²) in [5, 5.41) is 14.2. The molecule has 7 heteroatoms. The van der Waals surface area contributed by atoms with Gasteiger partial charge in [-0.25, -0.2) is 4.79 Å². The van der Waals surface area contributed by atoms with Gasteiger partial charge in [-0.3, -0.25) is 4.79 Å². The Kier molecular flexibility index (Phi) is 6.38. The van der Waals surface area contributed by atoms with E-state index in [-0.39, 0.29) is 6.42 Å². The maximum Gasteiger partial charge on any atom is 0.336 e. The van der Waals surface area contributed by atoms with Gasteiger partial charge in [-0.05, 0) is 31.0 Å². The van der Waals surface area contributed by atoms with E-state index in [1.807, 2.05) is 6.92 Å². The molecule has 1 N–H and O–H groups in total. The molecule has 2 aromatic rings. The molecular formula is C19H22NO6-. The lowest BCUT2D eigenvalue weighted by atomic mass is 10.0. The van der Waals surface area contributed by atoms with Crippen molar-refractivity contribution in [1.82, 2.24) is 5.32 Å². The van der Waals surface area contributed by atoms with Crippen LogP contribution in [0.25, 0.3) is 11.0 Å². The predicted molar refractivity (Wildman–Crippen MR) is 93.9 cm³/mol. The first-order chi connectivity index (χ1) is 12.4. The van der Waals surface area contributed by atoms with Crippen LogP contribution >= 0.6 is 0 Å². The van der Waals surface area contributed by atoms with Gasteiger partial charge in [-0.1, -0.05) is 19.8 Å². The van der Waals surface area contributed by atoms with Crippen molar-refractivity contribution in [3.8, 4) is 5.75 Å². The Morgan fingerprint density at radius 1 is 1.35 bits per heavy atom. The number of methoxy groups -OCH3 is 1. The SMILES string of the molecule is CCCC[C@H](NC(=O)Cc1cc(=O)oc2c(C)c(OC)ccc12)C(=O)[O-]. The second-order valence-corrected chi connectivity index (χ2v) is 6.12. The average Bonchev–Trinajstić information content (AvgIpc) is 2.59. The Morgan fingerprint density at radius 2 is 2.08 bits per heavy atom. The summed E-state index contributed by atoms with van der Waals surface area (Å²) in [7, 11) is 1.51. The Hall–Kier alpha value is -2.83. The first kappa shape index (κ1) is 19.5. The zero-order valence-corrected chi connectivity index (χ0v) is 15.1. The Labute approximate surface area is 151 Å². The molecule has 1 aromatic heterocycles. The van der Waals surface area contributed by atoms with E-state index < -0.39 is 23.5 Å². The minimum atomic E-state index is -1.31. The number of unbranched alkanes of at least 4 members (excludes halogenated alkanes) is 1. The summed E-state index contributed by atoms with van der Waals surface area (Å²) in [6, 6.07) is 3.63. The third-order valence-corrected chi connectivity index (χ3v) is 4.23. The number of amides is 1. The molecule has 0 spiro atoms. The molecule has 0 aliphatic heterocycles. The van der Waals surface area contributed by atoms with Crippen molar-refractivity contribution in [3.05, 3.63) is 39.7 Å². The molecule has 0 aliphatic rings. The summed E-state index contributed by atoms with van der Waals surface area (Å²) < 4.78 is 10.5. The number of carbonyl (C=O) groups excluding carboxylic acids is 2. The molecule has 1 aromatic carbocycles. The number of aliphatic carboxylic acids is 1. The van der Waals surface area contributed by atoms with E-state index in [1.54, 1.807) is 19.1 Å². The van der Waals surface area contributed by atoms with Gasteiger partial charge in [0.2, 0.25) is 5.91 Å². The van der Waals surface area contributed by atoms with Crippen molar-refractivity contribution in [2.24, 2.45) is 0 Å². The number of aryl methyl sites for hydroxylation is 1. The number of nitrogens with one attached hydrogen (secondary N) is 1. The fourth-order valence-electron chi connectivity index (χ4n) is 2.85. The van der Waals surface area contributed by atoms with E-state index in [9.17, 15) is 19.5 Å². The summed E-state index contributed by atoms with van der Waals surface area (Å²) >= 11 is 0. The van der Waals surface area contributed by atoms with Crippen LogP contribution in [-0.2, 0) is 16.0 Å². The Bertz CT molecular complexity index is 870. The molecule has 0 radical (unpaired) electrons.